The van der Waals surface area contributed by atoms with Crippen molar-refractivity contribution >= 4 is 27.3 Å². The van der Waals surface area contributed by atoms with Gasteiger partial charge in [-0.05, 0) is 65.8 Å². The van der Waals surface area contributed by atoms with Crippen molar-refractivity contribution in [3.63, 3.8) is 0 Å². The number of ether oxygens (including phenoxy) is 2. The minimum absolute atomic E-state index is 0.170. The zero-order chi connectivity index (χ0) is 23.3. The predicted molar refractivity (Wildman–Crippen MR) is 124 cm³/mol. The van der Waals surface area contributed by atoms with Gasteiger partial charge in [0.2, 0.25) is 10.0 Å². The minimum Gasteiger partial charge on any atom is -0.490 e. The van der Waals surface area contributed by atoms with Crippen molar-refractivity contribution in [2.75, 3.05) is 26.0 Å². The molecule has 0 aliphatic carbocycles. The number of nitrogens with zero attached hydrogens (tertiary/aromatic N) is 1. The lowest BCUT2D eigenvalue weighted by Crippen LogP contribution is -2.44. The van der Waals surface area contributed by atoms with Crippen molar-refractivity contribution < 1.29 is 27.1 Å². The van der Waals surface area contributed by atoms with Gasteiger partial charge in [0, 0.05) is 18.7 Å². The van der Waals surface area contributed by atoms with Crippen LogP contribution >= 0.6 is 11.3 Å². The van der Waals surface area contributed by atoms with Crippen LogP contribution in [0.4, 0.5) is 4.39 Å². The molecule has 1 saturated heterocycles. The van der Waals surface area contributed by atoms with Gasteiger partial charge in [0.25, 0.3) is 0 Å². The number of rotatable bonds is 9. The molecule has 3 rings (SSSR count). The smallest absolute Gasteiger partial charge is 0.309 e. The number of halogens is 1. The van der Waals surface area contributed by atoms with Crippen molar-refractivity contribution in [3.05, 3.63) is 40.8 Å². The van der Waals surface area contributed by atoms with Gasteiger partial charge in [-0.1, -0.05) is 13.8 Å². The number of carbonyl (C=O) groups excluding carboxylic acids is 1. The maximum atomic E-state index is 13.8. The average molecular weight is 484 g/mol. The Balaban J connectivity index is 1.63. The number of sulfonamides is 1. The molecule has 0 radical (unpaired) electrons. The molecule has 1 aromatic carbocycles. The number of piperidine rings is 1. The van der Waals surface area contributed by atoms with E-state index in [4.69, 9.17) is 9.47 Å². The Morgan fingerprint density at radius 2 is 1.97 bits per heavy atom. The van der Waals surface area contributed by atoms with Gasteiger partial charge >= 0.3 is 5.97 Å². The van der Waals surface area contributed by atoms with Gasteiger partial charge in [0.15, 0.2) is 0 Å². The van der Waals surface area contributed by atoms with Gasteiger partial charge < -0.3 is 9.47 Å². The second kappa shape index (κ2) is 10.8. The molecule has 0 bridgehead atoms. The largest absolute Gasteiger partial charge is 0.490 e. The number of hydrogen-bond donors (Lipinski definition) is 0. The summed E-state index contributed by atoms with van der Waals surface area (Å²) in [6.07, 6.45) is 1.33. The van der Waals surface area contributed by atoms with Crippen LogP contribution in [0.5, 0.6) is 5.75 Å². The van der Waals surface area contributed by atoms with Crippen molar-refractivity contribution in [3.8, 4) is 16.9 Å². The number of benzene rings is 1. The predicted octanol–water partition coefficient (Wildman–Crippen LogP) is 4.56. The molecule has 0 spiro atoms. The summed E-state index contributed by atoms with van der Waals surface area (Å²) in [5.74, 6) is -0.968. The summed E-state index contributed by atoms with van der Waals surface area (Å²) in [5.41, 5.74) is 1.58. The molecule has 2 aromatic rings. The first kappa shape index (κ1) is 24.7. The van der Waals surface area contributed by atoms with Crippen molar-refractivity contribution in [2.24, 2.45) is 11.8 Å². The maximum Gasteiger partial charge on any atom is 0.309 e. The summed E-state index contributed by atoms with van der Waals surface area (Å²) in [7, 11) is -2.32. The molecule has 0 unspecified atom stereocenters. The zero-order valence-electron chi connectivity index (χ0n) is 18.6. The molecule has 2 heterocycles. The number of methoxy groups -OCH3 is 1. The molecule has 176 valence electrons. The monoisotopic (exact) mass is 483 g/mol. The van der Waals surface area contributed by atoms with E-state index in [0.29, 0.717) is 43.7 Å². The molecular weight excluding hydrogens is 453 g/mol. The SMILES string of the molecule is COC(=O)[C@@H](CC(C)C)CS(=O)(=O)N1CCC(Oc2ccc(F)cc2-c2ccsc2)CC1. The lowest BCUT2D eigenvalue weighted by Gasteiger charge is -2.32. The van der Waals surface area contributed by atoms with E-state index < -0.39 is 21.9 Å². The highest BCUT2D eigenvalue weighted by Gasteiger charge is 2.34. The Morgan fingerprint density at radius 1 is 1.25 bits per heavy atom. The van der Waals surface area contributed by atoms with E-state index in [2.05, 4.69) is 0 Å². The van der Waals surface area contributed by atoms with Gasteiger partial charge in [-0.25, -0.2) is 17.1 Å². The minimum atomic E-state index is -3.60. The highest BCUT2D eigenvalue weighted by molar-refractivity contribution is 7.89. The van der Waals surface area contributed by atoms with E-state index in [1.807, 2.05) is 30.7 Å². The van der Waals surface area contributed by atoms with Crippen LogP contribution in [0.3, 0.4) is 0 Å². The topological polar surface area (TPSA) is 72.9 Å². The molecule has 0 amide bonds. The van der Waals surface area contributed by atoms with Crippen LogP contribution in [0.2, 0.25) is 0 Å². The number of thiophene rings is 1. The first-order valence-corrected chi connectivity index (χ1v) is 13.3. The molecule has 32 heavy (non-hydrogen) atoms. The van der Waals surface area contributed by atoms with Gasteiger partial charge in [-0.2, -0.15) is 11.3 Å². The fourth-order valence-corrected chi connectivity index (χ4v) is 6.40. The van der Waals surface area contributed by atoms with Crippen LogP contribution in [0.1, 0.15) is 33.1 Å². The third kappa shape index (κ3) is 6.30. The molecular formula is C23H30FNO5S2. The first-order valence-electron chi connectivity index (χ1n) is 10.7. The fourth-order valence-electron chi connectivity index (χ4n) is 3.98. The Bertz CT molecular complexity index is 999. The lowest BCUT2D eigenvalue weighted by molar-refractivity contribution is -0.145. The van der Waals surface area contributed by atoms with Crippen molar-refractivity contribution in [1.82, 2.24) is 4.31 Å². The number of carbonyl (C=O) groups is 1. The standard InChI is InChI=1S/C23H30FNO5S2/c1-16(2)12-18(23(26)29-3)15-32(27,28)25-9-6-20(7-10-25)30-22-5-4-19(24)13-21(22)17-8-11-31-14-17/h4-5,8,11,13-14,16,18,20H,6-7,9-10,12,15H2,1-3H3/t18-/m0/s1. The normalized spacial score (nSPS) is 16.8. The molecule has 1 aliphatic rings. The van der Waals surface area contributed by atoms with Crippen molar-refractivity contribution in [1.29, 1.82) is 0 Å². The summed E-state index contributed by atoms with van der Waals surface area (Å²) >= 11 is 1.53. The van der Waals surface area contributed by atoms with Crippen molar-refractivity contribution in [2.45, 2.75) is 39.2 Å². The summed E-state index contributed by atoms with van der Waals surface area (Å²) in [6, 6.07) is 6.36. The fraction of sp³-hybridized carbons (Fsp3) is 0.522. The van der Waals surface area contributed by atoms with Crippen LogP contribution in [0.25, 0.3) is 11.1 Å². The maximum absolute atomic E-state index is 13.8. The number of hydrogen-bond acceptors (Lipinski definition) is 6. The Morgan fingerprint density at radius 3 is 2.56 bits per heavy atom. The Hall–Kier alpha value is -1.97. The second-order valence-corrected chi connectivity index (χ2v) is 11.3. The van der Waals surface area contributed by atoms with Crippen LogP contribution in [0, 0.1) is 17.7 Å². The number of esters is 1. The van der Waals surface area contributed by atoms with E-state index >= 15 is 0 Å². The molecule has 9 heteroatoms. The highest BCUT2D eigenvalue weighted by Crippen LogP contribution is 2.34. The third-order valence-electron chi connectivity index (χ3n) is 5.56. The summed E-state index contributed by atoms with van der Waals surface area (Å²) in [6.45, 7) is 4.53. The van der Waals surface area contributed by atoms with E-state index in [1.54, 1.807) is 6.07 Å². The molecule has 1 atom stereocenters. The van der Waals surface area contributed by atoms with E-state index in [-0.39, 0.29) is 23.6 Å². The first-order chi connectivity index (χ1) is 15.2. The van der Waals surface area contributed by atoms with Crippen LogP contribution in [-0.4, -0.2) is 50.7 Å². The Kier molecular flexibility index (Phi) is 8.30. The third-order valence-corrected chi connectivity index (χ3v) is 8.22. The summed E-state index contributed by atoms with van der Waals surface area (Å²) in [5, 5.41) is 3.86. The molecule has 0 saturated carbocycles. The molecule has 1 aromatic heterocycles. The zero-order valence-corrected chi connectivity index (χ0v) is 20.3. The summed E-state index contributed by atoms with van der Waals surface area (Å²) < 4.78 is 52.1. The molecule has 6 nitrogen and oxygen atoms in total. The van der Waals surface area contributed by atoms with Gasteiger partial charge in [0.05, 0.1) is 18.8 Å². The highest BCUT2D eigenvalue weighted by atomic mass is 32.2. The molecule has 1 aliphatic heterocycles. The van der Waals surface area contributed by atoms with Gasteiger partial charge in [-0.15, -0.1) is 0 Å². The summed E-state index contributed by atoms with van der Waals surface area (Å²) in [4.78, 5) is 12.1. The van der Waals surface area contributed by atoms with Gasteiger partial charge in [-0.3, -0.25) is 4.79 Å². The molecule has 0 N–H and O–H groups in total. The van der Waals surface area contributed by atoms with Crippen LogP contribution in [0.15, 0.2) is 35.0 Å². The second-order valence-electron chi connectivity index (χ2n) is 8.50. The van der Waals surface area contributed by atoms with E-state index in [0.717, 1.165) is 5.56 Å². The van der Waals surface area contributed by atoms with Gasteiger partial charge in [0.1, 0.15) is 17.7 Å². The Labute approximate surface area is 193 Å². The van der Waals surface area contributed by atoms with Crippen LogP contribution in [-0.2, 0) is 19.6 Å². The quantitative estimate of drug-likeness (QED) is 0.489. The van der Waals surface area contributed by atoms with Crippen LogP contribution < -0.4 is 4.74 Å². The average Bonchev–Trinajstić information content (AvgIpc) is 3.28. The lowest BCUT2D eigenvalue weighted by atomic mass is 9.99. The van der Waals surface area contributed by atoms with E-state index in [1.165, 1.54) is 34.9 Å². The molecule has 1 fully saturated rings. The van der Waals surface area contributed by atoms with E-state index in [9.17, 15) is 17.6 Å².